The van der Waals surface area contributed by atoms with E-state index in [0.717, 1.165) is 30.4 Å². The maximum atomic E-state index is 14.4. The van der Waals surface area contributed by atoms with Gasteiger partial charge in [-0.15, -0.1) is 0 Å². The second-order valence-corrected chi connectivity index (χ2v) is 17.9. The lowest BCUT2D eigenvalue weighted by molar-refractivity contribution is -0.153. The summed E-state index contributed by atoms with van der Waals surface area (Å²) in [7, 11) is -3.61. The predicted molar refractivity (Wildman–Crippen MR) is 186 cm³/mol. The normalized spacial score (nSPS) is 29.7. The fourth-order valence-electron chi connectivity index (χ4n) is 8.27. The molecule has 1 aromatic carbocycles. The van der Waals surface area contributed by atoms with Crippen LogP contribution in [0.25, 0.3) is 0 Å². The molecule has 3 aliphatic heterocycles. The summed E-state index contributed by atoms with van der Waals surface area (Å²) in [6.07, 6.45) is 7.40. The predicted octanol–water partition coefficient (Wildman–Crippen LogP) is 3.78. The highest BCUT2D eigenvalue weighted by Gasteiger charge is 2.61. The average molecular weight is 741 g/mol. The van der Waals surface area contributed by atoms with E-state index in [2.05, 4.69) is 5.32 Å². The average Bonchev–Trinajstić information content (AvgIpc) is 3.90. The minimum absolute atomic E-state index is 0.0280. The summed E-state index contributed by atoms with van der Waals surface area (Å²) < 4.78 is 48.1. The molecule has 2 saturated carbocycles. The summed E-state index contributed by atoms with van der Waals surface area (Å²) in [5, 5.41) is 2.21. The minimum atomic E-state index is -3.61. The Morgan fingerprint density at radius 1 is 1.02 bits per heavy atom. The van der Waals surface area contributed by atoms with Crippen LogP contribution in [0, 0.1) is 17.3 Å². The van der Waals surface area contributed by atoms with E-state index in [9.17, 15) is 32.4 Å². The maximum absolute atomic E-state index is 14.4. The number of rotatable bonds is 8. The van der Waals surface area contributed by atoms with Gasteiger partial charge in [0.15, 0.2) is 32.9 Å². The summed E-state index contributed by atoms with van der Waals surface area (Å²) >= 11 is 0. The molecule has 0 unspecified atom stereocenters. The third-order valence-corrected chi connectivity index (χ3v) is 13.5. The van der Waals surface area contributed by atoms with Gasteiger partial charge >= 0.3 is 12.1 Å². The first-order chi connectivity index (χ1) is 24.8. The number of hydrogen-bond acceptors (Lipinski definition) is 11. The lowest BCUT2D eigenvalue weighted by Crippen LogP contribution is -2.52. The van der Waals surface area contributed by atoms with Crippen molar-refractivity contribution in [3.63, 3.8) is 0 Å². The Labute approximate surface area is 304 Å². The van der Waals surface area contributed by atoms with Crippen molar-refractivity contribution < 1.29 is 51.3 Å². The molecule has 5 atom stereocenters. The molecular weight excluding hydrogens is 692 g/mol. The topological polar surface area (TPSA) is 172 Å². The van der Waals surface area contributed by atoms with Crippen LogP contribution in [0.1, 0.15) is 89.2 Å². The Morgan fingerprint density at radius 2 is 1.73 bits per heavy atom. The second kappa shape index (κ2) is 14.5. The van der Waals surface area contributed by atoms with Crippen molar-refractivity contribution in [2.24, 2.45) is 17.3 Å². The van der Waals surface area contributed by atoms with E-state index < -0.39 is 80.2 Å². The zero-order chi connectivity index (χ0) is 36.8. The molecule has 0 radical (unpaired) electrons. The summed E-state index contributed by atoms with van der Waals surface area (Å²) in [5.74, 6) is -1.83. The van der Waals surface area contributed by atoms with Crippen molar-refractivity contribution in [3.8, 4) is 11.5 Å². The van der Waals surface area contributed by atoms with E-state index in [1.54, 1.807) is 13.8 Å². The minimum Gasteiger partial charge on any atom is -0.460 e. The van der Waals surface area contributed by atoms with Crippen molar-refractivity contribution in [2.45, 2.75) is 120 Å². The van der Waals surface area contributed by atoms with Crippen LogP contribution in [0.15, 0.2) is 24.3 Å². The van der Waals surface area contributed by atoms with E-state index >= 15 is 0 Å². The van der Waals surface area contributed by atoms with Crippen molar-refractivity contribution in [3.05, 3.63) is 35.4 Å². The lowest BCUT2D eigenvalue weighted by Gasteiger charge is -2.29. The monoisotopic (exact) mass is 740 g/mol. The van der Waals surface area contributed by atoms with E-state index in [1.807, 2.05) is 24.3 Å². The molecule has 14 heteroatoms. The number of sulfone groups is 1. The van der Waals surface area contributed by atoms with Crippen LogP contribution in [0.5, 0.6) is 11.5 Å². The summed E-state index contributed by atoms with van der Waals surface area (Å²) in [6.45, 7) is 3.50. The van der Waals surface area contributed by atoms with Gasteiger partial charge in [0.25, 0.3) is 0 Å². The molecule has 3 fully saturated rings. The van der Waals surface area contributed by atoms with Crippen LogP contribution in [0.3, 0.4) is 0 Å². The fourth-order valence-corrected chi connectivity index (χ4v) is 10.0. The van der Waals surface area contributed by atoms with Gasteiger partial charge < -0.3 is 29.2 Å². The zero-order valence-electron chi connectivity index (χ0n) is 29.8. The molecule has 0 bridgehead atoms. The molecule has 282 valence electrons. The summed E-state index contributed by atoms with van der Waals surface area (Å²) in [4.78, 5) is 70.2. The lowest BCUT2D eigenvalue weighted by atomic mass is 9.88. The van der Waals surface area contributed by atoms with Gasteiger partial charge in [0, 0.05) is 18.3 Å². The first kappa shape index (κ1) is 36.4. The molecule has 52 heavy (non-hydrogen) atoms. The first-order valence-corrected chi connectivity index (χ1v) is 20.4. The number of ether oxygens (including phenoxy) is 4. The third kappa shape index (κ3) is 7.72. The van der Waals surface area contributed by atoms with Crippen LogP contribution in [0.4, 0.5) is 4.79 Å². The Bertz CT molecular complexity index is 1740. The molecule has 0 aromatic heterocycles. The number of alkyl carbamates (subject to hydrolysis) is 1. The number of amides is 2. The van der Waals surface area contributed by atoms with Gasteiger partial charge in [0.1, 0.15) is 17.9 Å². The van der Waals surface area contributed by atoms with Crippen LogP contribution >= 0.6 is 0 Å². The van der Waals surface area contributed by atoms with Crippen molar-refractivity contribution >= 4 is 39.4 Å². The number of ketones is 2. The van der Waals surface area contributed by atoms with Crippen molar-refractivity contribution in [2.75, 3.05) is 19.1 Å². The maximum Gasteiger partial charge on any atom is 0.408 e. The number of fused-ring (bicyclic) bond motifs is 4. The summed E-state index contributed by atoms with van der Waals surface area (Å²) in [5.41, 5.74) is 0.787. The van der Waals surface area contributed by atoms with Gasteiger partial charge in [0.2, 0.25) is 12.7 Å². The Hall–Kier alpha value is -3.94. The SMILES string of the molecule is CC(C)OC(=O)N[C@H]1CCCCC/C=C\[C@@H]2C[C@@]2(C(=O)CS(=O)(=O)C2CC2)CC(=O)[C@@H]2C[C@@H](OC(=O)C3Cc4cc5c(cc4C3)OCO5)CN2C1=O. The van der Waals surface area contributed by atoms with Gasteiger partial charge in [-0.05, 0) is 94.4 Å². The standard InChI is InChI=1S/C38H48N2O11S/c1-22(2)50-37(45)39-29-9-7-5-3-4-6-8-26-17-38(26,34(42)20-52(46,47)28-10-11-28)18-31(41)30-16-27(19-40(30)35(29)43)51-36(44)25-12-23-14-32-33(49-21-48-32)15-24(23)13-25/h6,8,14-15,22,25-30H,3-5,7,9-13,16-21H2,1-2H3,(H,39,45)/b8-6-/t26-,27-,29+,30+,38-/m1/s1. The number of Topliss-reactive ketones (excluding diaryl/α,β-unsaturated/α-hetero) is 2. The van der Waals surface area contributed by atoms with Crippen LogP contribution in [0.2, 0.25) is 0 Å². The number of allylic oxidation sites excluding steroid dienone is 2. The molecule has 0 spiro atoms. The zero-order valence-corrected chi connectivity index (χ0v) is 30.6. The number of benzene rings is 1. The van der Waals surface area contributed by atoms with Crippen LogP contribution < -0.4 is 14.8 Å². The molecule has 3 aliphatic carbocycles. The van der Waals surface area contributed by atoms with Crippen LogP contribution in [-0.2, 0) is 51.3 Å². The Balaban J connectivity index is 1.12. The Morgan fingerprint density at radius 3 is 2.40 bits per heavy atom. The fraction of sp³-hybridized carbons (Fsp3) is 0.658. The molecule has 3 heterocycles. The molecule has 13 nitrogen and oxygen atoms in total. The second-order valence-electron chi connectivity index (χ2n) is 15.6. The first-order valence-electron chi connectivity index (χ1n) is 18.7. The number of esters is 1. The van der Waals surface area contributed by atoms with E-state index in [0.29, 0.717) is 56.4 Å². The highest BCUT2D eigenvalue weighted by Crippen LogP contribution is 2.58. The molecule has 1 aromatic rings. The molecule has 1 saturated heterocycles. The number of carbonyl (C=O) groups excluding carboxylic acids is 5. The number of carbonyl (C=O) groups is 5. The molecular formula is C38H48N2O11S. The summed E-state index contributed by atoms with van der Waals surface area (Å²) in [6, 6.07) is 1.76. The van der Waals surface area contributed by atoms with Gasteiger partial charge in [-0.3, -0.25) is 19.2 Å². The highest BCUT2D eigenvalue weighted by atomic mass is 32.2. The number of hydrogen-bond donors (Lipinski definition) is 1. The molecule has 7 rings (SSSR count). The van der Waals surface area contributed by atoms with Crippen molar-refractivity contribution in [1.82, 2.24) is 10.2 Å². The largest absolute Gasteiger partial charge is 0.460 e. The molecule has 2 amide bonds. The van der Waals surface area contributed by atoms with Gasteiger partial charge in [-0.1, -0.05) is 25.0 Å². The third-order valence-electron chi connectivity index (χ3n) is 11.4. The van der Waals surface area contributed by atoms with E-state index in [-0.39, 0.29) is 37.9 Å². The van der Waals surface area contributed by atoms with Crippen LogP contribution in [-0.4, -0.2) is 91.5 Å². The number of nitrogens with zero attached hydrogens (tertiary/aromatic N) is 1. The smallest absolute Gasteiger partial charge is 0.408 e. The molecule has 6 aliphatic rings. The molecule has 1 N–H and O–H groups in total. The van der Waals surface area contributed by atoms with E-state index in [4.69, 9.17) is 18.9 Å². The number of nitrogens with one attached hydrogen (secondary N) is 1. The van der Waals surface area contributed by atoms with Crippen molar-refractivity contribution in [1.29, 1.82) is 0 Å². The quantitative estimate of drug-likeness (QED) is 0.304. The highest BCUT2D eigenvalue weighted by molar-refractivity contribution is 7.93. The van der Waals surface area contributed by atoms with E-state index in [1.165, 1.54) is 4.90 Å². The van der Waals surface area contributed by atoms with Gasteiger partial charge in [0.05, 0.1) is 29.9 Å². The van der Waals surface area contributed by atoms with Gasteiger partial charge in [-0.2, -0.15) is 0 Å². The van der Waals surface area contributed by atoms with Gasteiger partial charge in [-0.25, -0.2) is 13.2 Å². The Kier molecular flexibility index (Phi) is 10.1.